The minimum Gasteiger partial charge on any atom is -0.352 e. The summed E-state index contributed by atoms with van der Waals surface area (Å²) in [6, 6.07) is -0.206. The Bertz CT molecular complexity index is 699. The molecular formula is C24H38N2O2. The van der Waals surface area contributed by atoms with Gasteiger partial charge < -0.3 is 11.1 Å². The summed E-state index contributed by atoms with van der Waals surface area (Å²) < 4.78 is 0. The topological polar surface area (TPSA) is 72.2 Å². The lowest BCUT2D eigenvalue weighted by Gasteiger charge is -2.58. The first-order chi connectivity index (χ1) is 13.2. The van der Waals surface area contributed by atoms with Gasteiger partial charge in [-0.15, -0.1) is 0 Å². The van der Waals surface area contributed by atoms with Crippen molar-refractivity contribution in [1.29, 1.82) is 0 Å². The molecule has 0 spiro atoms. The van der Waals surface area contributed by atoms with Crippen LogP contribution < -0.4 is 11.1 Å². The number of hydrogen-bond acceptors (Lipinski definition) is 3. The van der Waals surface area contributed by atoms with Crippen LogP contribution in [0.15, 0.2) is 11.6 Å². The Morgan fingerprint density at radius 2 is 1.89 bits per heavy atom. The van der Waals surface area contributed by atoms with Gasteiger partial charge in [0.15, 0.2) is 0 Å². The molecule has 3 unspecified atom stereocenters. The fourth-order valence-electron chi connectivity index (χ4n) is 7.78. The highest BCUT2D eigenvalue weighted by Crippen LogP contribution is 2.66. The first kappa shape index (κ1) is 20.1. The van der Waals surface area contributed by atoms with E-state index >= 15 is 0 Å². The summed E-state index contributed by atoms with van der Waals surface area (Å²) in [5.74, 6) is 2.82. The number of ketones is 1. The van der Waals surface area contributed by atoms with E-state index in [0.29, 0.717) is 11.7 Å². The van der Waals surface area contributed by atoms with Crippen molar-refractivity contribution in [2.24, 2.45) is 40.2 Å². The van der Waals surface area contributed by atoms with Crippen molar-refractivity contribution in [1.82, 2.24) is 5.32 Å². The maximum atomic E-state index is 12.3. The van der Waals surface area contributed by atoms with Crippen molar-refractivity contribution in [2.75, 3.05) is 0 Å². The van der Waals surface area contributed by atoms with Crippen LogP contribution in [0.25, 0.3) is 0 Å². The van der Waals surface area contributed by atoms with Crippen LogP contribution >= 0.6 is 0 Å². The van der Waals surface area contributed by atoms with E-state index in [1.165, 1.54) is 19.3 Å². The second-order valence-corrected chi connectivity index (χ2v) is 10.8. The molecule has 4 nitrogen and oxygen atoms in total. The molecule has 4 aliphatic carbocycles. The monoisotopic (exact) mass is 386 g/mol. The van der Waals surface area contributed by atoms with E-state index < -0.39 is 6.04 Å². The molecule has 4 heteroatoms. The highest BCUT2D eigenvalue weighted by molar-refractivity contribution is 5.81. The maximum Gasteiger partial charge on any atom is 0.236 e. The van der Waals surface area contributed by atoms with E-state index in [9.17, 15) is 9.59 Å². The molecule has 0 bridgehead atoms. The largest absolute Gasteiger partial charge is 0.352 e. The van der Waals surface area contributed by atoms with Crippen molar-refractivity contribution in [2.45, 2.75) is 91.1 Å². The van der Waals surface area contributed by atoms with Crippen LogP contribution in [0.1, 0.15) is 79.1 Å². The molecule has 3 saturated carbocycles. The molecule has 8 atom stereocenters. The number of carbonyl (C=O) groups is 2. The fraction of sp³-hybridized carbons (Fsp3) is 0.833. The standard InChI is InChI=1S/C24H38N2O2/c1-14(25)22(28)26-17-9-11-23(3)16(13-17)5-6-18-20-8-7-19(15(2)27)24(20,4)12-10-21(18)23/h5,14,17-21H,6-13,25H2,1-4H3,(H,26,28)/t14-,17+,18?,19+,20?,21?,23-,24+/m0/s1. The van der Waals surface area contributed by atoms with Crippen LogP contribution in [-0.4, -0.2) is 23.8 Å². The van der Waals surface area contributed by atoms with E-state index in [4.69, 9.17) is 5.73 Å². The SMILES string of the molecule is CC(=O)[C@H]1CCC2C3CC=C4C[C@H](NC(=O)[C@H](C)N)CC[C@]4(C)C3CC[C@@]21C. The third kappa shape index (κ3) is 2.98. The van der Waals surface area contributed by atoms with Crippen LogP contribution in [-0.2, 0) is 9.59 Å². The Hall–Kier alpha value is -1.16. The van der Waals surface area contributed by atoms with E-state index in [2.05, 4.69) is 25.2 Å². The number of allylic oxidation sites excluding steroid dienone is 1. The van der Waals surface area contributed by atoms with Gasteiger partial charge in [-0.1, -0.05) is 25.5 Å². The second-order valence-electron chi connectivity index (χ2n) is 10.8. The van der Waals surface area contributed by atoms with Gasteiger partial charge in [-0.05, 0) is 93.8 Å². The van der Waals surface area contributed by atoms with Gasteiger partial charge in [0.2, 0.25) is 5.91 Å². The smallest absolute Gasteiger partial charge is 0.236 e. The molecule has 0 saturated heterocycles. The molecule has 28 heavy (non-hydrogen) atoms. The number of rotatable bonds is 3. The van der Waals surface area contributed by atoms with Crippen molar-refractivity contribution in [3.05, 3.63) is 11.6 Å². The number of fused-ring (bicyclic) bond motifs is 5. The summed E-state index contributed by atoms with van der Waals surface area (Å²) in [5.41, 5.74) is 7.80. The van der Waals surface area contributed by atoms with Gasteiger partial charge in [0.25, 0.3) is 0 Å². The van der Waals surface area contributed by atoms with E-state index in [1.54, 1.807) is 12.5 Å². The Labute approximate surface area is 170 Å². The summed E-state index contributed by atoms with van der Waals surface area (Å²) in [5, 5.41) is 3.16. The molecule has 3 N–H and O–H groups in total. The first-order valence-electron chi connectivity index (χ1n) is 11.4. The summed E-state index contributed by atoms with van der Waals surface area (Å²) in [7, 11) is 0. The molecule has 0 heterocycles. The number of amides is 1. The van der Waals surface area contributed by atoms with Gasteiger partial charge in [-0.3, -0.25) is 9.59 Å². The van der Waals surface area contributed by atoms with Crippen LogP contribution in [0.3, 0.4) is 0 Å². The highest BCUT2D eigenvalue weighted by Gasteiger charge is 2.59. The zero-order valence-electron chi connectivity index (χ0n) is 18.1. The molecule has 0 aliphatic heterocycles. The number of carbonyl (C=O) groups excluding carboxylic acids is 2. The minimum absolute atomic E-state index is 0.0300. The van der Waals surface area contributed by atoms with E-state index in [1.807, 2.05) is 6.92 Å². The van der Waals surface area contributed by atoms with Crippen molar-refractivity contribution in [3.8, 4) is 0 Å². The lowest BCUT2D eigenvalue weighted by atomic mass is 9.47. The number of Topliss-reactive ketones (excluding diaryl/α,β-unsaturated/α-hetero) is 1. The average molecular weight is 387 g/mol. The predicted molar refractivity (Wildman–Crippen MR) is 111 cm³/mol. The summed E-state index contributed by atoms with van der Waals surface area (Å²) >= 11 is 0. The lowest BCUT2D eigenvalue weighted by Crippen LogP contribution is -2.53. The van der Waals surface area contributed by atoms with Crippen molar-refractivity contribution < 1.29 is 9.59 Å². The molecule has 0 radical (unpaired) electrons. The minimum atomic E-state index is -0.439. The van der Waals surface area contributed by atoms with Crippen LogP contribution in [0.4, 0.5) is 0 Å². The van der Waals surface area contributed by atoms with Crippen LogP contribution in [0, 0.1) is 34.5 Å². The maximum absolute atomic E-state index is 12.3. The third-order valence-corrected chi connectivity index (χ3v) is 9.35. The predicted octanol–water partition coefficient (Wildman–Crippen LogP) is 3.99. The first-order valence-corrected chi connectivity index (χ1v) is 11.4. The lowest BCUT2D eigenvalue weighted by molar-refractivity contribution is -0.127. The second kappa shape index (κ2) is 6.97. The molecule has 4 aliphatic rings. The molecule has 156 valence electrons. The number of nitrogens with one attached hydrogen (secondary N) is 1. The van der Waals surface area contributed by atoms with Crippen LogP contribution in [0.5, 0.6) is 0 Å². The molecule has 3 fully saturated rings. The number of nitrogens with two attached hydrogens (primary N) is 1. The van der Waals surface area contributed by atoms with Gasteiger partial charge in [-0.25, -0.2) is 0 Å². The fourth-order valence-corrected chi connectivity index (χ4v) is 7.78. The summed E-state index contributed by atoms with van der Waals surface area (Å²) in [6.07, 6.45) is 11.6. The van der Waals surface area contributed by atoms with Gasteiger partial charge >= 0.3 is 0 Å². The molecule has 4 rings (SSSR count). The molecule has 0 aromatic rings. The van der Waals surface area contributed by atoms with E-state index in [0.717, 1.165) is 43.9 Å². The van der Waals surface area contributed by atoms with Crippen LogP contribution in [0.2, 0.25) is 0 Å². The Morgan fingerprint density at radius 3 is 2.57 bits per heavy atom. The Kier molecular flexibility index (Phi) is 5.01. The third-order valence-electron chi connectivity index (χ3n) is 9.35. The molecule has 1 amide bonds. The Balaban J connectivity index is 1.54. The molecule has 0 aromatic heterocycles. The molecular weight excluding hydrogens is 348 g/mol. The van der Waals surface area contributed by atoms with Crippen molar-refractivity contribution in [3.63, 3.8) is 0 Å². The van der Waals surface area contributed by atoms with Gasteiger partial charge in [0.1, 0.15) is 5.78 Å². The van der Waals surface area contributed by atoms with Gasteiger partial charge in [-0.2, -0.15) is 0 Å². The van der Waals surface area contributed by atoms with Gasteiger partial charge in [0.05, 0.1) is 6.04 Å². The highest BCUT2D eigenvalue weighted by atomic mass is 16.2. The number of hydrogen-bond donors (Lipinski definition) is 2. The van der Waals surface area contributed by atoms with E-state index in [-0.39, 0.29) is 28.7 Å². The zero-order valence-corrected chi connectivity index (χ0v) is 18.1. The molecule has 0 aromatic carbocycles. The summed E-state index contributed by atoms with van der Waals surface area (Å²) in [6.45, 7) is 8.46. The average Bonchev–Trinajstić information content (AvgIpc) is 2.99. The van der Waals surface area contributed by atoms with Crippen molar-refractivity contribution >= 4 is 11.7 Å². The quantitative estimate of drug-likeness (QED) is 0.721. The Morgan fingerprint density at radius 1 is 1.14 bits per heavy atom. The van der Waals surface area contributed by atoms with Gasteiger partial charge in [0, 0.05) is 12.0 Å². The normalized spacial score (nSPS) is 45.9. The summed E-state index contributed by atoms with van der Waals surface area (Å²) in [4.78, 5) is 24.3. The zero-order chi connectivity index (χ0) is 20.3.